The second kappa shape index (κ2) is 7.85. The highest BCUT2D eigenvalue weighted by molar-refractivity contribution is 9.10. The monoisotopic (exact) mass is 496 g/mol. The summed E-state index contributed by atoms with van der Waals surface area (Å²) in [7, 11) is -3.17. The van der Waals surface area contributed by atoms with Crippen molar-refractivity contribution in [2.45, 2.75) is 24.8 Å². The molecule has 0 aliphatic carbocycles. The molecule has 1 fully saturated rings. The molecular formula is C20H18BrFN2O3S2. The maximum absolute atomic E-state index is 14.2. The number of sulfone groups is 1. The van der Waals surface area contributed by atoms with Crippen LogP contribution in [0.25, 0.3) is 0 Å². The first-order valence-electron chi connectivity index (χ1n) is 8.99. The van der Waals surface area contributed by atoms with Crippen molar-refractivity contribution < 1.29 is 17.6 Å². The first kappa shape index (κ1) is 20.6. The predicted molar refractivity (Wildman–Crippen MR) is 118 cm³/mol. The van der Waals surface area contributed by atoms with Crippen LogP contribution in [0.5, 0.6) is 0 Å². The van der Waals surface area contributed by atoms with E-state index in [0.29, 0.717) is 26.5 Å². The van der Waals surface area contributed by atoms with Gasteiger partial charge in [0.05, 0.1) is 23.6 Å². The van der Waals surface area contributed by atoms with Crippen molar-refractivity contribution in [3.63, 3.8) is 0 Å². The fourth-order valence-electron chi connectivity index (χ4n) is 3.59. The van der Waals surface area contributed by atoms with Gasteiger partial charge in [0.1, 0.15) is 5.82 Å². The second-order valence-corrected chi connectivity index (χ2v) is 11.1. The molecule has 0 bridgehead atoms. The number of rotatable bonds is 4. The van der Waals surface area contributed by atoms with Crippen LogP contribution in [0.1, 0.15) is 22.8 Å². The van der Waals surface area contributed by atoms with E-state index in [0.717, 1.165) is 5.69 Å². The summed E-state index contributed by atoms with van der Waals surface area (Å²) in [5.74, 6) is 0.0232. The van der Waals surface area contributed by atoms with Crippen LogP contribution in [0, 0.1) is 5.82 Å². The summed E-state index contributed by atoms with van der Waals surface area (Å²) in [6, 6.07) is 11.4. The van der Waals surface area contributed by atoms with Crippen molar-refractivity contribution in [2.24, 2.45) is 4.99 Å². The number of thioether (sulfide) groups is 1. The van der Waals surface area contributed by atoms with Crippen LogP contribution >= 0.6 is 27.7 Å². The standard InChI is InChI=1S/C20H18BrFN2O3S2/c1-12(25)13-3-2-4-16(7-13)24-19-11-29(26,27)10-18(19)23-20(24)28-9-14-5-6-15(21)8-17(14)22/h2-8,18-19H,9-11H2,1H3/t18-,19+/m0/s1. The number of benzene rings is 2. The molecule has 0 saturated carbocycles. The molecule has 2 aromatic rings. The number of hydrogen-bond donors (Lipinski definition) is 0. The van der Waals surface area contributed by atoms with Crippen LogP contribution < -0.4 is 4.90 Å². The van der Waals surface area contributed by atoms with Gasteiger partial charge < -0.3 is 4.90 Å². The van der Waals surface area contributed by atoms with Crippen molar-refractivity contribution in [1.29, 1.82) is 0 Å². The van der Waals surface area contributed by atoms with Crippen molar-refractivity contribution in [2.75, 3.05) is 16.4 Å². The topological polar surface area (TPSA) is 66.8 Å². The van der Waals surface area contributed by atoms with Crippen molar-refractivity contribution >= 4 is 54.2 Å². The van der Waals surface area contributed by atoms with E-state index >= 15 is 0 Å². The zero-order chi connectivity index (χ0) is 20.8. The first-order chi connectivity index (χ1) is 13.7. The molecule has 2 atom stereocenters. The van der Waals surface area contributed by atoms with Crippen LogP contribution in [0.3, 0.4) is 0 Å². The smallest absolute Gasteiger partial charge is 0.164 e. The third-order valence-electron chi connectivity index (χ3n) is 5.01. The number of ketones is 1. The lowest BCUT2D eigenvalue weighted by Crippen LogP contribution is -2.39. The van der Waals surface area contributed by atoms with Gasteiger partial charge in [-0.05, 0) is 36.8 Å². The lowest BCUT2D eigenvalue weighted by atomic mass is 10.1. The van der Waals surface area contributed by atoms with Crippen molar-refractivity contribution in [3.05, 3.63) is 63.9 Å². The summed E-state index contributed by atoms with van der Waals surface area (Å²) in [6.07, 6.45) is 0. The molecule has 0 radical (unpaired) electrons. The Balaban J connectivity index is 1.65. The molecule has 152 valence electrons. The van der Waals surface area contributed by atoms with E-state index in [9.17, 15) is 17.6 Å². The lowest BCUT2D eigenvalue weighted by molar-refractivity contribution is 0.101. The van der Waals surface area contributed by atoms with Crippen LogP contribution in [0.15, 0.2) is 51.9 Å². The summed E-state index contributed by atoms with van der Waals surface area (Å²) >= 11 is 4.62. The molecule has 29 heavy (non-hydrogen) atoms. The molecular weight excluding hydrogens is 479 g/mol. The predicted octanol–water partition coefficient (Wildman–Crippen LogP) is 4.07. The number of fused-ring (bicyclic) bond motifs is 1. The van der Waals surface area contributed by atoms with E-state index in [1.165, 1.54) is 24.8 Å². The van der Waals surface area contributed by atoms with E-state index < -0.39 is 9.84 Å². The Bertz CT molecular complexity index is 1120. The quantitative estimate of drug-likeness (QED) is 0.596. The Kier molecular flexibility index (Phi) is 5.56. The number of amidine groups is 1. The molecule has 5 nitrogen and oxygen atoms in total. The number of halogens is 2. The van der Waals surface area contributed by atoms with Gasteiger partial charge in [-0.1, -0.05) is 45.9 Å². The average Bonchev–Trinajstić information content (AvgIpc) is 3.12. The first-order valence-corrected chi connectivity index (χ1v) is 12.6. The van der Waals surface area contributed by atoms with Gasteiger partial charge >= 0.3 is 0 Å². The molecule has 0 unspecified atom stereocenters. The number of Topliss-reactive ketones (excluding diaryl/α,β-unsaturated/α-hetero) is 1. The summed E-state index contributed by atoms with van der Waals surface area (Å²) < 4.78 is 39.2. The van der Waals surface area contributed by atoms with Gasteiger partial charge in [-0.2, -0.15) is 0 Å². The number of carbonyl (C=O) groups excluding carboxylic acids is 1. The maximum atomic E-state index is 14.2. The lowest BCUT2D eigenvalue weighted by Gasteiger charge is -2.27. The summed E-state index contributed by atoms with van der Waals surface area (Å²) in [4.78, 5) is 18.3. The molecule has 1 saturated heterocycles. The van der Waals surface area contributed by atoms with E-state index in [1.807, 2.05) is 11.0 Å². The molecule has 2 aromatic carbocycles. The van der Waals surface area contributed by atoms with Gasteiger partial charge in [0.15, 0.2) is 20.8 Å². The highest BCUT2D eigenvalue weighted by Gasteiger charge is 2.47. The van der Waals surface area contributed by atoms with E-state index in [2.05, 4.69) is 20.9 Å². The summed E-state index contributed by atoms with van der Waals surface area (Å²) in [5, 5.41) is 0.651. The van der Waals surface area contributed by atoms with Gasteiger partial charge in [-0.3, -0.25) is 9.79 Å². The number of nitrogens with zero attached hydrogens (tertiary/aromatic N) is 2. The normalized spacial score (nSPS) is 22.4. The molecule has 0 N–H and O–H groups in total. The zero-order valence-electron chi connectivity index (χ0n) is 15.5. The Hall–Kier alpha value is -1.71. The third kappa shape index (κ3) is 4.27. The number of aliphatic imine (C=N–C) groups is 1. The van der Waals surface area contributed by atoms with Gasteiger partial charge in [-0.15, -0.1) is 0 Å². The molecule has 0 amide bonds. The maximum Gasteiger partial charge on any atom is 0.164 e. The van der Waals surface area contributed by atoms with Gasteiger partial charge in [0.25, 0.3) is 0 Å². The van der Waals surface area contributed by atoms with Crippen LogP contribution in [-0.4, -0.2) is 43.0 Å². The van der Waals surface area contributed by atoms with Gasteiger partial charge in [0.2, 0.25) is 0 Å². The van der Waals surface area contributed by atoms with Crippen LogP contribution in [0.4, 0.5) is 10.1 Å². The molecule has 2 heterocycles. The largest absolute Gasteiger partial charge is 0.315 e. The van der Waals surface area contributed by atoms with Crippen LogP contribution in [-0.2, 0) is 15.6 Å². The summed E-state index contributed by atoms with van der Waals surface area (Å²) in [5.41, 5.74) is 1.82. The number of anilines is 1. The summed E-state index contributed by atoms with van der Waals surface area (Å²) in [6.45, 7) is 1.49. The Morgan fingerprint density at radius 2 is 2.07 bits per heavy atom. The fraction of sp³-hybridized carbons (Fsp3) is 0.300. The highest BCUT2D eigenvalue weighted by atomic mass is 79.9. The average molecular weight is 497 g/mol. The number of carbonyl (C=O) groups is 1. The van der Waals surface area contributed by atoms with Gasteiger partial charge in [0, 0.05) is 21.5 Å². The molecule has 2 aliphatic rings. The minimum Gasteiger partial charge on any atom is -0.315 e. The molecule has 4 rings (SSSR count). The van der Waals surface area contributed by atoms with Gasteiger partial charge in [-0.25, -0.2) is 12.8 Å². The zero-order valence-corrected chi connectivity index (χ0v) is 18.7. The minimum atomic E-state index is -3.17. The Labute approximate surface area is 181 Å². The fourth-order valence-corrected chi connectivity index (χ4v) is 6.88. The van der Waals surface area contributed by atoms with Crippen molar-refractivity contribution in [3.8, 4) is 0 Å². The SMILES string of the molecule is CC(=O)c1cccc(N2C(SCc3ccc(Br)cc3F)=N[C@H]3CS(=O)(=O)C[C@H]32)c1. The highest BCUT2D eigenvalue weighted by Crippen LogP contribution is 2.36. The third-order valence-corrected chi connectivity index (χ3v) is 8.22. The van der Waals surface area contributed by atoms with E-state index in [4.69, 9.17) is 0 Å². The van der Waals surface area contributed by atoms with Crippen LogP contribution in [0.2, 0.25) is 0 Å². The minimum absolute atomic E-state index is 0.0112. The second-order valence-electron chi connectivity index (χ2n) is 7.12. The van der Waals surface area contributed by atoms with E-state index in [1.54, 1.807) is 30.3 Å². The molecule has 9 heteroatoms. The van der Waals surface area contributed by atoms with Crippen molar-refractivity contribution in [1.82, 2.24) is 0 Å². The number of hydrogen-bond acceptors (Lipinski definition) is 6. The molecule has 2 aliphatic heterocycles. The molecule has 0 spiro atoms. The Morgan fingerprint density at radius 1 is 1.28 bits per heavy atom. The van der Waals surface area contributed by atoms with E-state index in [-0.39, 0.29) is 35.2 Å². The molecule has 0 aromatic heterocycles. The Morgan fingerprint density at radius 3 is 2.79 bits per heavy atom.